The quantitative estimate of drug-likeness (QED) is 0.684. The zero-order valence-electron chi connectivity index (χ0n) is 7.78. The Morgan fingerprint density at radius 3 is 2.92 bits per heavy atom. The van der Waals surface area contributed by atoms with Crippen molar-refractivity contribution in [3.8, 4) is 0 Å². The van der Waals surface area contributed by atoms with Gasteiger partial charge in [-0.1, -0.05) is 5.16 Å². The first-order chi connectivity index (χ1) is 6.25. The van der Waals surface area contributed by atoms with E-state index in [1.807, 2.05) is 6.92 Å². The molecule has 0 bridgehead atoms. The van der Waals surface area contributed by atoms with E-state index in [9.17, 15) is 0 Å². The van der Waals surface area contributed by atoms with Crippen LogP contribution >= 0.6 is 0 Å². The molecule has 2 atom stereocenters. The number of ether oxygens (including phenoxy) is 1. The van der Waals surface area contributed by atoms with Crippen LogP contribution in [0.15, 0.2) is 4.52 Å². The minimum absolute atomic E-state index is 0.0926. The summed E-state index contributed by atoms with van der Waals surface area (Å²) >= 11 is 0. The van der Waals surface area contributed by atoms with Gasteiger partial charge in [0.25, 0.3) is 5.89 Å². The Bertz CT molecular complexity index is 287. The molecule has 13 heavy (non-hydrogen) atoms. The summed E-state index contributed by atoms with van der Waals surface area (Å²) in [4.78, 5) is 4.13. The summed E-state index contributed by atoms with van der Waals surface area (Å²) in [6.07, 6.45) is 0.107. The van der Waals surface area contributed by atoms with E-state index in [1.165, 1.54) is 0 Å². The zero-order valence-corrected chi connectivity index (χ0v) is 7.78. The van der Waals surface area contributed by atoms with Crippen molar-refractivity contribution in [1.29, 1.82) is 0 Å². The van der Waals surface area contributed by atoms with Gasteiger partial charge in [-0.3, -0.25) is 0 Å². The second-order valence-electron chi connectivity index (χ2n) is 3.27. The van der Waals surface area contributed by atoms with Crippen molar-refractivity contribution in [2.24, 2.45) is 0 Å². The molecule has 1 N–H and O–H groups in total. The molecule has 1 aromatic heterocycles. The molecular weight excluding hydrogens is 170 g/mol. The van der Waals surface area contributed by atoms with Gasteiger partial charge < -0.3 is 14.6 Å². The van der Waals surface area contributed by atoms with E-state index < -0.39 is 0 Å². The van der Waals surface area contributed by atoms with Gasteiger partial charge in [0.1, 0.15) is 6.10 Å². The van der Waals surface area contributed by atoms with Gasteiger partial charge in [0, 0.05) is 13.1 Å². The van der Waals surface area contributed by atoms with Crippen molar-refractivity contribution in [1.82, 2.24) is 15.5 Å². The molecule has 1 aliphatic heterocycles. The Morgan fingerprint density at radius 1 is 1.46 bits per heavy atom. The molecule has 1 saturated heterocycles. The molecule has 2 heterocycles. The molecule has 0 unspecified atom stereocenters. The summed E-state index contributed by atoms with van der Waals surface area (Å²) in [7, 11) is 0. The Balaban J connectivity index is 2.08. The van der Waals surface area contributed by atoms with E-state index in [2.05, 4.69) is 15.5 Å². The van der Waals surface area contributed by atoms with Crippen LogP contribution in [0.2, 0.25) is 0 Å². The SMILES string of the molecule is Cc1noc([C@@H]2CNC[C@H](C)O2)n1. The van der Waals surface area contributed by atoms with Crippen molar-refractivity contribution in [3.05, 3.63) is 11.7 Å². The molecule has 72 valence electrons. The minimum Gasteiger partial charge on any atom is -0.363 e. The average Bonchev–Trinajstić information content (AvgIpc) is 2.52. The van der Waals surface area contributed by atoms with Gasteiger partial charge in [-0.2, -0.15) is 4.98 Å². The highest BCUT2D eigenvalue weighted by atomic mass is 16.5. The maximum absolute atomic E-state index is 5.63. The predicted molar refractivity (Wildman–Crippen MR) is 45.2 cm³/mol. The topological polar surface area (TPSA) is 60.2 Å². The van der Waals surface area contributed by atoms with Crippen molar-refractivity contribution < 1.29 is 9.26 Å². The van der Waals surface area contributed by atoms with Crippen LogP contribution in [0.25, 0.3) is 0 Å². The Morgan fingerprint density at radius 2 is 2.31 bits per heavy atom. The van der Waals surface area contributed by atoms with Crippen LogP contribution in [0.3, 0.4) is 0 Å². The molecule has 1 aromatic rings. The van der Waals surface area contributed by atoms with Crippen LogP contribution in [-0.2, 0) is 4.74 Å². The van der Waals surface area contributed by atoms with E-state index >= 15 is 0 Å². The number of nitrogens with one attached hydrogen (secondary N) is 1. The summed E-state index contributed by atoms with van der Waals surface area (Å²) in [6, 6.07) is 0. The van der Waals surface area contributed by atoms with Gasteiger partial charge in [-0.05, 0) is 13.8 Å². The summed E-state index contributed by atoms with van der Waals surface area (Å²) in [5.74, 6) is 1.22. The minimum atomic E-state index is -0.0926. The van der Waals surface area contributed by atoms with Crippen molar-refractivity contribution in [2.45, 2.75) is 26.1 Å². The van der Waals surface area contributed by atoms with Gasteiger partial charge in [-0.15, -0.1) is 0 Å². The Labute approximate surface area is 76.5 Å². The second kappa shape index (κ2) is 3.43. The first kappa shape index (κ1) is 8.65. The number of rotatable bonds is 1. The molecule has 5 nitrogen and oxygen atoms in total. The van der Waals surface area contributed by atoms with Gasteiger partial charge in [0.15, 0.2) is 5.82 Å². The largest absolute Gasteiger partial charge is 0.363 e. The lowest BCUT2D eigenvalue weighted by Crippen LogP contribution is -2.39. The second-order valence-corrected chi connectivity index (χ2v) is 3.27. The summed E-state index contributed by atoms with van der Waals surface area (Å²) in [5, 5.41) is 6.96. The highest BCUT2D eigenvalue weighted by Crippen LogP contribution is 2.18. The van der Waals surface area contributed by atoms with E-state index in [-0.39, 0.29) is 12.2 Å². The van der Waals surface area contributed by atoms with Gasteiger partial charge >= 0.3 is 0 Å². The summed E-state index contributed by atoms with van der Waals surface area (Å²) < 4.78 is 10.7. The number of aryl methyl sites for hydroxylation is 1. The number of hydrogen-bond acceptors (Lipinski definition) is 5. The van der Waals surface area contributed by atoms with Crippen LogP contribution in [0.1, 0.15) is 24.7 Å². The molecule has 1 fully saturated rings. The smallest absolute Gasteiger partial charge is 0.257 e. The first-order valence-corrected chi connectivity index (χ1v) is 4.42. The average molecular weight is 183 g/mol. The van der Waals surface area contributed by atoms with Crippen LogP contribution in [0, 0.1) is 6.92 Å². The lowest BCUT2D eigenvalue weighted by atomic mass is 10.2. The van der Waals surface area contributed by atoms with E-state index in [1.54, 1.807) is 6.92 Å². The number of aromatic nitrogens is 2. The van der Waals surface area contributed by atoms with Crippen molar-refractivity contribution in [3.63, 3.8) is 0 Å². The number of nitrogens with zero attached hydrogens (tertiary/aromatic N) is 2. The van der Waals surface area contributed by atoms with Gasteiger partial charge in [-0.25, -0.2) is 0 Å². The Kier molecular flexibility index (Phi) is 2.28. The molecular formula is C8H13N3O2. The highest BCUT2D eigenvalue weighted by Gasteiger charge is 2.24. The molecule has 0 spiro atoms. The Hall–Kier alpha value is -0.940. The maximum Gasteiger partial charge on any atom is 0.257 e. The molecule has 0 aromatic carbocycles. The number of hydrogen-bond donors (Lipinski definition) is 1. The molecule has 2 rings (SSSR count). The molecule has 0 saturated carbocycles. The predicted octanol–water partition coefficient (Wildman–Crippen LogP) is 0.427. The molecule has 5 heteroatoms. The fourth-order valence-corrected chi connectivity index (χ4v) is 1.38. The van der Waals surface area contributed by atoms with Crippen LogP contribution in [0.4, 0.5) is 0 Å². The molecule has 1 aliphatic rings. The van der Waals surface area contributed by atoms with Crippen LogP contribution in [-0.4, -0.2) is 29.3 Å². The zero-order chi connectivity index (χ0) is 9.26. The fraction of sp³-hybridized carbons (Fsp3) is 0.750. The van der Waals surface area contributed by atoms with Crippen LogP contribution in [0.5, 0.6) is 0 Å². The third kappa shape index (κ3) is 1.87. The first-order valence-electron chi connectivity index (χ1n) is 4.42. The number of morpholine rings is 1. The fourth-order valence-electron chi connectivity index (χ4n) is 1.38. The summed E-state index contributed by atoms with van der Waals surface area (Å²) in [5.41, 5.74) is 0. The highest BCUT2D eigenvalue weighted by molar-refractivity contribution is 4.91. The van der Waals surface area contributed by atoms with Gasteiger partial charge in [0.2, 0.25) is 0 Å². The lowest BCUT2D eigenvalue weighted by Gasteiger charge is -2.25. The molecule has 0 amide bonds. The summed E-state index contributed by atoms with van der Waals surface area (Å²) in [6.45, 7) is 5.44. The molecule has 0 aliphatic carbocycles. The van der Waals surface area contributed by atoms with Crippen LogP contribution < -0.4 is 5.32 Å². The lowest BCUT2D eigenvalue weighted by molar-refractivity contribution is -0.0438. The normalized spacial score (nSPS) is 29.1. The maximum atomic E-state index is 5.63. The monoisotopic (exact) mass is 183 g/mol. The van der Waals surface area contributed by atoms with Crippen molar-refractivity contribution >= 4 is 0 Å². The van der Waals surface area contributed by atoms with E-state index in [0.717, 1.165) is 13.1 Å². The standard InChI is InChI=1S/C8H13N3O2/c1-5-3-9-4-7(12-5)8-10-6(2)11-13-8/h5,7,9H,3-4H2,1-2H3/t5-,7-/m0/s1. The van der Waals surface area contributed by atoms with Crippen molar-refractivity contribution in [2.75, 3.05) is 13.1 Å². The third-order valence-electron chi connectivity index (χ3n) is 1.98. The van der Waals surface area contributed by atoms with E-state index in [0.29, 0.717) is 11.7 Å². The molecule has 0 radical (unpaired) electrons. The van der Waals surface area contributed by atoms with Gasteiger partial charge in [0.05, 0.1) is 6.10 Å². The van der Waals surface area contributed by atoms with E-state index in [4.69, 9.17) is 9.26 Å². The third-order valence-corrected chi connectivity index (χ3v) is 1.98.